The van der Waals surface area contributed by atoms with Gasteiger partial charge in [0.15, 0.2) is 11.5 Å². The summed E-state index contributed by atoms with van der Waals surface area (Å²) >= 11 is 1.58. The van der Waals surface area contributed by atoms with Crippen molar-refractivity contribution in [1.29, 1.82) is 0 Å². The normalized spacial score (nSPS) is 10.7. The molecule has 0 amide bonds. The number of hydrogen-bond donors (Lipinski definition) is 3. The largest absolute Gasteiger partial charge is 0.504 e. The smallest absolute Gasteiger partial charge is 0.162 e. The fourth-order valence-electron chi connectivity index (χ4n) is 3.08. The van der Waals surface area contributed by atoms with Crippen LogP contribution in [0, 0.1) is 0 Å². The molecule has 4 aromatic carbocycles. The molecule has 0 aromatic heterocycles. The Labute approximate surface area is 174 Å². The maximum atomic E-state index is 10.2. The van der Waals surface area contributed by atoms with Gasteiger partial charge in [-0.1, -0.05) is 42.5 Å². The number of nitrogens with one attached hydrogen (secondary N) is 2. The minimum absolute atomic E-state index is 0.175. The Balaban J connectivity index is 1.35. The van der Waals surface area contributed by atoms with E-state index in [1.165, 1.54) is 10.8 Å². The number of benzene rings is 4. The van der Waals surface area contributed by atoms with Gasteiger partial charge in [-0.25, -0.2) is 0 Å². The number of ether oxygens (including phenoxy) is 1. The summed E-state index contributed by atoms with van der Waals surface area (Å²) in [6.07, 6.45) is 0. The highest BCUT2D eigenvalue weighted by Crippen LogP contribution is 2.30. The molecule has 29 heavy (non-hydrogen) atoms. The van der Waals surface area contributed by atoms with Crippen molar-refractivity contribution in [2.24, 2.45) is 0 Å². The van der Waals surface area contributed by atoms with E-state index in [-0.39, 0.29) is 5.75 Å². The van der Waals surface area contributed by atoms with Crippen LogP contribution in [0.3, 0.4) is 0 Å². The van der Waals surface area contributed by atoms with E-state index in [1.54, 1.807) is 25.1 Å². The summed E-state index contributed by atoms with van der Waals surface area (Å²) in [4.78, 5) is 1.12. The van der Waals surface area contributed by atoms with Crippen molar-refractivity contribution in [2.45, 2.75) is 11.4 Å². The highest BCUT2D eigenvalue weighted by molar-refractivity contribution is 8.00. The van der Waals surface area contributed by atoms with Gasteiger partial charge in [0.2, 0.25) is 0 Å². The Bertz CT molecular complexity index is 1110. The third-order valence-corrected chi connectivity index (χ3v) is 5.52. The first kappa shape index (κ1) is 19.0. The number of methoxy groups -OCH3 is 1. The first-order valence-corrected chi connectivity index (χ1v) is 10.1. The van der Waals surface area contributed by atoms with Gasteiger partial charge in [0, 0.05) is 28.4 Å². The van der Waals surface area contributed by atoms with Crippen LogP contribution in [0.5, 0.6) is 11.5 Å². The molecular formula is C24H22N2O2S. The van der Waals surface area contributed by atoms with Crippen molar-refractivity contribution in [1.82, 2.24) is 0 Å². The molecule has 0 fully saturated rings. The summed E-state index contributed by atoms with van der Waals surface area (Å²) in [6, 6.07) is 28.4. The van der Waals surface area contributed by atoms with Crippen LogP contribution in [0.15, 0.2) is 89.8 Å². The minimum atomic E-state index is 0.175. The van der Waals surface area contributed by atoms with Crippen LogP contribution in [0.1, 0.15) is 5.56 Å². The zero-order valence-corrected chi connectivity index (χ0v) is 16.9. The summed E-state index contributed by atoms with van der Waals surface area (Å²) in [5, 5.41) is 16.0. The van der Waals surface area contributed by atoms with Crippen molar-refractivity contribution in [3.05, 3.63) is 90.5 Å². The highest BCUT2D eigenvalue weighted by Gasteiger charge is 2.07. The Morgan fingerprint density at radius 3 is 2.38 bits per heavy atom. The lowest BCUT2D eigenvalue weighted by atomic mass is 10.1. The molecular weight excluding hydrogens is 380 g/mol. The van der Waals surface area contributed by atoms with Gasteiger partial charge in [-0.3, -0.25) is 0 Å². The van der Waals surface area contributed by atoms with Crippen molar-refractivity contribution in [3.63, 3.8) is 0 Å². The first-order chi connectivity index (χ1) is 14.2. The molecule has 0 aliphatic rings. The summed E-state index contributed by atoms with van der Waals surface area (Å²) in [5.74, 6) is 0.657. The molecule has 4 aromatic rings. The predicted octanol–water partition coefficient (Wildman–Crippen LogP) is 6.29. The zero-order valence-electron chi connectivity index (χ0n) is 16.1. The lowest BCUT2D eigenvalue weighted by Gasteiger charge is -2.11. The van der Waals surface area contributed by atoms with Crippen LogP contribution in [-0.4, -0.2) is 12.2 Å². The van der Waals surface area contributed by atoms with Crippen molar-refractivity contribution < 1.29 is 9.84 Å². The number of phenolic OH excluding ortho intramolecular Hbond substituents is 1. The summed E-state index contributed by atoms with van der Waals surface area (Å²) in [7, 11) is 1.55. The van der Waals surface area contributed by atoms with Crippen LogP contribution < -0.4 is 14.8 Å². The van der Waals surface area contributed by atoms with Crippen molar-refractivity contribution in [2.75, 3.05) is 17.1 Å². The average Bonchev–Trinajstić information content (AvgIpc) is 2.77. The first-order valence-electron chi connectivity index (χ1n) is 9.33. The molecule has 3 N–H and O–H groups in total. The molecule has 4 nitrogen and oxygen atoms in total. The molecule has 0 heterocycles. The lowest BCUT2D eigenvalue weighted by molar-refractivity contribution is 0.371. The topological polar surface area (TPSA) is 53.5 Å². The molecule has 0 saturated carbocycles. The van der Waals surface area contributed by atoms with Crippen LogP contribution >= 0.6 is 11.9 Å². The zero-order chi connectivity index (χ0) is 20.1. The van der Waals surface area contributed by atoms with Crippen LogP contribution in [0.25, 0.3) is 10.8 Å². The number of para-hydroxylation sites is 1. The highest BCUT2D eigenvalue weighted by atomic mass is 32.2. The van der Waals surface area contributed by atoms with Gasteiger partial charge >= 0.3 is 0 Å². The molecule has 0 radical (unpaired) electrons. The van der Waals surface area contributed by atoms with Crippen molar-refractivity contribution >= 4 is 34.1 Å². The van der Waals surface area contributed by atoms with Gasteiger partial charge in [0.05, 0.1) is 7.11 Å². The maximum absolute atomic E-state index is 10.2. The number of rotatable bonds is 7. The van der Waals surface area contributed by atoms with Crippen LogP contribution in [-0.2, 0) is 6.54 Å². The molecule has 0 aliphatic heterocycles. The number of anilines is 2. The molecule has 0 bridgehead atoms. The second kappa shape index (κ2) is 8.80. The summed E-state index contributed by atoms with van der Waals surface area (Å²) in [5.41, 5.74) is 2.85. The van der Waals surface area contributed by atoms with Crippen LogP contribution in [0.2, 0.25) is 0 Å². The SMILES string of the molecule is COc1cccc(CNc2ccc(SNc3ccc4ccccc4c3)cc2)c1O. The van der Waals surface area contributed by atoms with Gasteiger partial charge in [0.25, 0.3) is 0 Å². The monoisotopic (exact) mass is 402 g/mol. The van der Waals surface area contributed by atoms with Crippen molar-refractivity contribution in [3.8, 4) is 11.5 Å². The van der Waals surface area contributed by atoms with E-state index < -0.39 is 0 Å². The lowest BCUT2D eigenvalue weighted by Crippen LogP contribution is -2.00. The molecule has 4 rings (SSSR count). The fraction of sp³-hybridized carbons (Fsp3) is 0.0833. The standard InChI is InChI=1S/C24H22N2O2S/c1-28-23-8-4-7-19(24(23)27)16-25-20-11-13-22(14-12-20)29-26-21-10-9-17-5-2-3-6-18(17)15-21/h2-15,25-27H,16H2,1H3. The van der Waals surface area contributed by atoms with E-state index >= 15 is 0 Å². The second-order valence-corrected chi connectivity index (χ2v) is 7.49. The fourth-order valence-corrected chi connectivity index (χ4v) is 3.72. The Morgan fingerprint density at radius 1 is 0.828 bits per heavy atom. The Morgan fingerprint density at radius 2 is 1.59 bits per heavy atom. The van der Waals surface area contributed by atoms with Crippen LogP contribution in [0.4, 0.5) is 11.4 Å². The maximum Gasteiger partial charge on any atom is 0.162 e. The molecule has 0 spiro atoms. The third-order valence-electron chi connectivity index (χ3n) is 4.68. The van der Waals surface area contributed by atoms with E-state index in [2.05, 4.69) is 64.6 Å². The Kier molecular flexibility index (Phi) is 5.77. The van der Waals surface area contributed by atoms with Gasteiger partial charge in [-0.2, -0.15) is 0 Å². The van der Waals surface area contributed by atoms with Gasteiger partial charge < -0.3 is 19.9 Å². The number of aromatic hydroxyl groups is 1. The number of phenols is 1. The quantitative estimate of drug-likeness (QED) is 0.317. The molecule has 0 atom stereocenters. The van der Waals surface area contributed by atoms with E-state index in [4.69, 9.17) is 4.74 Å². The molecule has 0 unspecified atom stereocenters. The minimum Gasteiger partial charge on any atom is -0.504 e. The predicted molar refractivity (Wildman–Crippen MR) is 122 cm³/mol. The molecule has 146 valence electrons. The second-order valence-electron chi connectivity index (χ2n) is 6.61. The average molecular weight is 403 g/mol. The molecule has 0 saturated heterocycles. The number of hydrogen-bond acceptors (Lipinski definition) is 5. The van der Waals surface area contributed by atoms with E-state index in [0.29, 0.717) is 12.3 Å². The van der Waals surface area contributed by atoms with Gasteiger partial charge in [-0.05, 0) is 65.2 Å². The van der Waals surface area contributed by atoms with E-state index in [0.717, 1.165) is 21.8 Å². The Hall–Kier alpha value is -3.31. The van der Waals surface area contributed by atoms with Gasteiger partial charge in [-0.15, -0.1) is 0 Å². The number of fused-ring (bicyclic) bond motifs is 1. The van der Waals surface area contributed by atoms with E-state index in [1.807, 2.05) is 24.3 Å². The van der Waals surface area contributed by atoms with E-state index in [9.17, 15) is 5.11 Å². The van der Waals surface area contributed by atoms with Gasteiger partial charge in [0.1, 0.15) is 0 Å². The summed E-state index contributed by atoms with van der Waals surface area (Å²) in [6.45, 7) is 0.519. The molecule has 0 aliphatic carbocycles. The third kappa shape index (κ3) is 4.58. The summed E-state index contributed by atoms with van der Waals surface area (Å²) < 4.78 is 8.55. The molecule has 5 heteroatoms.